The lowest BCUT2D eigenvalue weighted by Gasteiger charge is -2.24. The summed E-state index contributed by atoms with van der Waals surface area (Å²) in [5, 5.41) is 5.41. The lowest BCUT2D eigenvalue weighted by Crippen LogP contribution is -2.30. The minimum absolute atomic E-state index is 0.0341. The third-order valence-electron chi connectivity index (χ3n) is 4.05. The Kier molecular flexibility index (Phi) is 5.01. The first-order valence-electron chi connectivity index (χ1n) is 7.82. The molecule has 1 aromatic carbocycles. The summed E-state index contributed by atoms with van der Waals surface area (Å²) in [5.74, 6) is 0.739. The highest BCUT2D eigenvalue weighted by atomic mass is 32.1. The molecule has 1 amide bonds. The zero-order valence-electron chi connectivity index (χ0n) is 13.7. The molecule has 0 spiro atoms. The molecule has 3 aromatic rings. The van der Waals surface area contributed by atoms with Gasteiger partial charge in [-0.25, -0.2) is 0 Å². The molecule has 0 aliphatic rings. The van der Waals surface area contributed by atoms with Crippen LogP contribution < -0.4 is 5.32 Å². The van der Waals surface area contributed by atoms with Gasteiger partial charge in [0.2, 0.25) is 0 Å². The van der Waals surface area contributed by atoms with E-state index in [1.807, 2.05) is 54.8 Å². The van der Waals surface area contributed by atoms with Crippen LogP contribution >= 0.6 is 11.3 Å². The number of benzene rings is 1. The summed E-state index contributed by atoms with van der Waals surface area (Å²) in [4.78, 5) is 15.8. The van der Waals surface area contributed by atoms with E-state index in [2.05, 4.69) is 11.4 Å². The average molecular weight is 340 g/mol. The number of nitrogens with zero attached hydrogens (tertiary/aromatic N) is 1. The zero-order chi connectivity index (χ0) is 16.9. The van der Waals surface area contributed by atoms with Crippen LogP contribution in [-0.2, 0) is 6.54 Å². The number of anilines is 1. The number of rotatable bonds is 6. The van der Waals surface area contributed by atoms with Crippen molar-refractivity contribution in [2.45, 2.75) is 19.5 Å². The van der Waals surface area contributed by atoms with Crippen molar-refractivity contribution in [3.63, 3.8) is 0 Å². The fourth-order valence-corrected chi connectivity index (χ4v) is 3.15. The standard InChI is InChI=1S/C19H20N2O2S/c1-14(18-10-5-11-23-18)21(2)19(22)16-8-3-4-9-17(16)20-13-15-7-6-12-24-15/h3-12,14,20H,13H2,1-2H3/t14-/m1/s1. The van der Waals surface area contributed by atoms with Gasteiger partial charge in [-0.1, -0.05) is 18.2 Å². The van der Waals surface area contributed by atoms with E-state index in [9.17, 15) is 4.79 Å². The second kappa shape index (κ2) is 7.36. The van der Waals surface area contributed by atoms with Gasteiger partial charge in [-0.2, -0.15) is 0 Å². The normalized spacial score (nSPS) is 11.9. The third kappa shape index (κ3) is 3.51. The Labute approximate surface area is 145 Å². The van der Waals surface area contributed by atoms with Crippen LogP contribution in [0.5, 0.6) is 0 Å². The first-order chi connectivity index (χ1) is 11.7. The number of carbonyl (C=O) groups excluding carboxylic acids is 1. The average Bonchev–Trinajstić information content (AvgIpc) is 3.31. The summed E-state index contributed by atoms with van der Waals surface area (Å²) in [6, 6.07) is 15.3. The molecule has 4 nitrogen and oxygen atoms in total. The maximum Gasteiger partial charge on any atom is 0.256 e. The van der Waals surface area contributed by atoms with Gasteiger partial charge in [0.1, 0.15) is 5.76 Å². The Morgan fingerprint density at radius 1 is 1.21 bits per heavy atom. The topological polar surface area (TPSA) is 45.5 Å². The molecule has 2 aromatic heterocycles. The summed E-state index contributed by atoms with van der Waals surface area (Å²) in [7, 11) is 1.80. The van der Waals surface area contributed by atoms with Crippen molar-refractivity contribution >= 4 is 22.9 Å². The quantitative estimate of drug-likeness (QED) is 0.702. The van der Waals surface area contributed by atoms with E-state index in [1.54, 1.807) is 29.5 Å². The first-order valence-corrected chi connectivity index (χ1v) is 8.70. The maximum atomic E-state index is 12.9. The molecule has 0 saturated carbocycles. The molecule has 0 fully saturated rings. The second-order valence-electron chi connectivity index (χ2n) is 5.59. The zero-order valence-corrected chi connectivity index (χ0v) is 14.5. The van der Waals surface area contributed by atoms with Crippen molar-refractivity contribution in [1.29, 1.82) is 0 Å². The molecule has 0 unspecified atom stereocenters. The van der Waals surface area contributed by atoms with Crippen molar-refractivity contribution in [1.82, 2.24) is 4.90 Å². The number of para-hydroxylation sites is 1. The summed E-state index contributed by atoms with van der Waals surface area (Å²) < 4.78 is 5.42. The van der Waals surface area contributed by atoms with E-state index < -0.39 is 0 Å². The minimum Gasteiger partial charge on any atom is -0.467 e. The molecule has 5 heteroatoms. The smallest absolute Gasteiger partial charge is 0.256 e. The van der Waals surface area contributed by atoms with Crippen LogP contribution in [0.2, 0.25) is 0 Å². The van der Waals surface area contributed by atoms with Gasteiger partial charge >= 0.3 is 0 Å². The first kappa shape index (κ1) is 16.3. The molecule has 3 rings (SSSR count). The van der Waals surface area contributed by atoms with Gasteiger partial charge in [-0.3, -0.25) is 4.79 Å². The van der Waals surface area contributed by atoms with E-state index in [1.165, 1.54) is 4.88 Å². The van der Waals surface area contributed by atoms with E-state index in [-0.39, 0.29) is 11.9 Å². The molecule has 0 aliphatic heterocycles. The van der Waals surface area contributed by atoms with Crippen molar-refractivity contribution in [2.75, 3.05) is 12.4 Å². The van der Waals surface area contributed by atoms with Crippen molar-refractivity contribution in [2.24, 2.45) is 0 Å². The largest absolute Gasteiger partial charge is 0.467 e. The molecular formula is C19H20N2O2S. The molecule has 0 bridgehead atoms. The molecule has 0 saturated heterocycles. The van der Waals surface area contributed by atoms with E-state index >= 15 is 0 Å². The van der Waals surface area contributed by atoms with E-state index in [0.29, 0.717) is 12.1 Å². The van der Waals surface area contributed by atoms with E-state index in [4.69, 9.17) is 4.42 Å². The Hall–Kier alpha value is -2.53. The van der Waals surface area contributed by atoms with Crippen LogP contribution in [0.15, 0.2) is 64.6 Å². The van der Waals surface area contributed by atoms with Gasteiger partial charge in [-0.05, 0) is 42.6 Å². The van der Waals surface area contributed by atoms with Gasteiger partial charge < -0.3 is 14.6 Å². The predicted octanol–water partition coefficient (Wildman–Crippen LogP) is 4.79. The molecule has 0 radical (unpaired) electrons. The number of amides is 1. The van der Waals surface area contributed by atoms with Gasteiger partial charge in [0.05, 0.1) is 17.9 Å². The monoisotopic (exact) mass is 340 g/mol. The van der Waals surface area contributed by atoms with E-state index in [0.717, 1.165) is 11.4 Å². The van der Waals surface area contributed by atoms with Crippen molar-refractivity contribution < 1.29 is 9.21 Å². The fourth-order valence-electron chi connectivity index (χ4n) is 2.50. The van der Waals surface area contributed by atoms with Crippen LogP contribution in [0.1, 0.15) is 34.0 Å². The molecule has 1 N–H and O–H groups in total. The van der Waals surface area contributed by atoms with Gasteiger partial charge in [0.25, 0.3) is 5.91 Å². The second-order valence-corrected chi connectivity index (χ2v) is 6.62. The highest BCUT2D eigenvalue weighted by molar-refractivity contribution is 7.09. The van der Waals surface area contributed by atoms with Crippen LogP contribution in [-0.4, -0.2) is 17.9 Å². The fraction of sp³-hybridized carbons (Fsp3) is 0.211. The number of nitrogens with one attached hydrogen (secondary N) is 1. The van der Waals surface area contributed by atoms with Crippen LogP contribution in [0, 0.1) is 0 Å². The van der Waals surface area contributed by atoms with Crippen molar-refractivity contribution in [3.8, 4) is 0 Å². The van der Waals surface area contributed by atoms with Gasteiger partial charge in [0.15, 0.2) is 0 Å². The summed E-state index contributed by atoms with van der Waals surface area (Å²) >= 11 is 1.70. The molecule has 0 aliphatic carbocycles. The third-order valence-corrected chi connectivity index (χ3v) is 4.92. The molecule has 2 heterocycles. The molecular weight excluding hydrogens is 320 g/mol. The SMILES string of the molecule is C[C@H](c1ccco1)N(C)C(=O)c1ccccc1NCc1cccs1. The lowest BCUT2D eigenvalue weighted by molar-refractivity contribution is 0.0727. The maximum absolute atomic E-state index is 12.9. The summed E-state index contributed by atoms with van der Waals surface area (Å²) in [5.41, 5.74) is 1.50. The Bertz CT molecular complexity index is 782. The van der Waals surface area contributed by atoms with Crippen LogP contribution in [0.3, 0.4) is 0 Å². The Morgan fingerprint density at radius 2 is 2.04 bits per heavy atom. The number of thiophene rings is 1. The van der Waals surface area contributed by atoms with Gasteiger partial charge in [-0.15, -0.1) is 11.3 Å². The number of hydrogen-bond acceptors (Lipinski definition) is 4. The van der Waals surface area contributed by atoms with Crippen LogP contribution in [0.25, 0.3) is 0 Å². The minimum atomic E-state index is -0.127. The van der Waals surface area contributed by atoms with Crippen molar-refractivity contribution in [3.05, 3.63) is 76.4 Å². The number of hydrogen-bond donors (Lipinski definition) is 1. The molecule has 124 valence electrons. The number of furan rings is 1. The van der Waals surface area contributed by atoms with Crippen LogP contribution in [0.4, 0.5) is 5.69 Å². The highest BCUT2D eigenvalue weighted by Gasteiger charge is 2.22. The molecule has 1 atom stereocenters. The summed E-state index contributed by atoms with van der Waals surface area (Å²) in [6.07, 6.45) is 1.63. The lowest BCUT2D eigenvalue weighted by atomic mass is 10.1. The predicted molar refractivity (Wildman–Crippen MR) is 97.3 cm³/mol. The highest BCUT2D eigenvalue weighted by Crippen LogP contribution is 2.24. The summed E-state index contributed by atoms with van der Waals surface area (Å²) in [6.45, 7) is 2.66. The molecule has 24 heavy (non-hydrogen) atoms. The Balaban J connectivity index is 1.76. The number of carbonyl (C=O) groups is 1. The Morgan fingerprint density at radius 3 is 2.75 bits per heavy atom. The van der Waals surface area contributed by atoms with Gasteiger partial charge in [0, 0.05) is 24.2 Å².